The molecular weight excluding hydrogens is 368 g/mol. The van der Waals surface area contributed by atoms with Crippen LogP contribution in [-0.4, -0.2) is 22.1 Å². The highest BCUT2D eigenvalue weighted by molar-refractivity contribution is 7.13. The predicted octanol–water partition coefficient (Wildman–Crippen LogP) is 4.68. The van der Waals surface area contributed by atoms with Crippen LogP contribution in [0.15, 0.2) is 72.1 Å². The third kappa shape index (κ3) is 3.82. The number of hydrazone groups is 1. The summed E-state index contributed by atoms with van der Waals surface area (Å²) >= 11 is 1.67. The molecule has 3 heterocycles. The standard InChI is InChI=1S/C22H18N4OS/c1-2-16-7-8-17(28-16)14-24-26-22(27)19-13-21(15-9-11-23-12-10-15)25-20-6-4-3-5-18(19)20/h3-14H,2H2,1H3,(H,26,27)/b24-14+. The molecule has 28 heavy (non-hydrogen) atoms. The second kappa shape index (κ2) is 8.10. The Labute approximate surface area is 166 Å². The Bertz CT molecular complexity index is 1150. The fraction of sp³-hybridized carbons (Fsp3) is 0.0909. The van der Waals surface area contributed by atoms with Gasteiger partial charge in [-0.2, -0.15) is 5.10 Å². The minimum absolute atomic E-state index is 0.266. The van der Waals surface area contributed by atoms with Crippen LogP contribution in [0.2, 0.25) is 0 Å². The van der Waals surface area contributed by atoms with Crippen LogP contribution in [0.25, 0.3) is 22.2 Å². The second-order valence-electron chi connectivity index (χ2n) is 6.16. The largest absolute Gasteiger partial charge is 0.272 e. The fourth-order valence-electron chi connectivity index (χ4n) is 2.90. The van der Waals surface area contributed by atoms with Crippen LogP contribution in [-0.2, 0) is 6.42 Å². The molecule has 0 atom stereocenters. The van der Waals surface area contributed by atoms with Gasteiger partial charge < -0.3 is 0 Å². The Morgan fingerprint density at radius 2 is 1.96 bits per heavy atom. The van der Waals surface area contributed by atoms with Gasteiger partial charge in [-0.05, 0) is 42.8 Å². The van der Waals surface area contributed by atoms with Crippen molar-refractivity contribution in [1.29, 1.82) is 0 Å². The molecule has 3 aromatic heterocycles. The number of amides is 1. The maximum absolute atomic E-state index is 12.8. The van der Waals surface area contributed by atoms with Crippen molar-refractivity contribution in [2.45, 2.75) is 13.3 Å². The lowest BCUT2D eigenvalue weighted by Gasteiger charge is -2.08. The first kappa shape index (κ1) is 18.0. The lowest BCUT2D eigenvalue weighted by Crippen LogP contribution is -2.18. The molecule has 0 fully saturated rings. The molecule has 0 bridgehead atoms. The van der Waals surface area contributed by atoms with Gasteiger partial charge in [0.1, 0.15) is 0 Å². The first-order valence-corrected chi connectivity index (χ1v) is 9.78. The van der Waals surface area contributed by atoms with Crippen LogP contribution < -0.4 is 5.43 Å². The average molecular weight is 386 g/mol. The Kier molecular flexibility index (Phi) is 5.21. The van der Waals surface area contributed by atoms with Crippen molar-refractivity contribution < 1.29 is 4.79 Å². The predicted molar refractivity (Wildman–Crippen MR) is 114 cm³/mol. The van der Waals surface area contributed by atoms with Gasteiger partial charge in [-0.15, -0.1) is 11.3 Å². The van der Waals surface area contributed by atoms with Gasteiger partial charge in [-0.3, -0.25) is 9.78 Å². The molecule has 138 valence electrons. The van der Waals surface area contributed by atoms with Gasteiger partial charge in [-0.25, -0.2) is 10.4 Å². The molecule has 1 N–H and O–H groups in total. The molecule has 4 aromatic rings. The van der Waals surface area contributed by atoms with Gasteiger partial charge >= 0.3 is 0 Å². The van der Waals surface area contributed by atoms with E-state index >= 15 is 0 Å². The highest BCUT2D eigenvalue weighted by atomic mass is 32.1. The monoisotopic (exact) mass is 386 g/mol. The van der Waals surface area contributed by atoms with E-state index in [4.69, 9.17) is 0 Å². The fourth-order valence-corrected chi connectivity index (χ4v) is 3.73. The minimum Gasteiger partial charge on any atom is -0.267 e. The van der Waals surface area contributed by atoms with E-state index in [9.17, 15) is 4.79 Å². The lowest BCUT2D eigenvalue weighted by atomic mass is 10.0. The maximum Gasteiger partial charge on any atom is 0.272 e. The molecular formula is C22H18N4OS. The maximum atomic E-state index is 12.8. The summed E-state index contributed by atoms with van der Waals surface area (Å²) in [6.07, 6.45) is 6.09. The summed E-state index contributed by atoms with van der Waals surface area (Å²) < 4.78 is 0. The molecule has 0 unspecified atom stereocenters. The summed E-state index contributed by atoms with van der Waals surface area (Å²) in [5.41, 5.74) is 5.57. The van der Waals surface area contributed by atoms with Crippen LogP contribution in [0.1, 0.15) is 27.0 Å². The van der Waals surface area contributed by atoms with Crippen molar-refractivity contribution >= 4 is 34.4 Å². The first-order valence-electron chi connectivity index (χ1n) is 8.97. The molecule has 1 amide bonds. The van der Waals surface area contributed by atoms with E-state index in [0.29, 0.717) is 5.56 Å². The zero-order valence-electron chi connectivity index (χ0n) is 15.3. The Balaban J connectivity index is 1.65. The van der Waals surface area contributed by atoms with Crippen LogP contribution in [0, 0.1) is 0 Å². The number of carbonyl (C=O) groups excluding carboxylic acids is 1. The molecule has 6 heteroatoms. The number of pyridine rings is 2. The summed E-state index contributed by atoms with van der Waals surface area (Å²) in [6.45, 7) is 2.11. The number of carbonyl (C=O) groups is 1. The van der Waals surface area contributed by atoms with Crippen LogP contribution in [0.3, 0.4) is 0 Å². The van der Waals surface area contributed by atoms with Crippen molar-refractivity contribution in [3.8, 4) is 11.3 Å². The van der Waals surface area contributed by atoms with Gasteiger partial charge in [-0.1, -0.05) is 25.1 Å². The van der Waals surface area contributed by atoms with Crippen molar-refractivity contribution in [1.82, 2.24) is 15.4 Å². The second-order valence-corrected chi connectivity index (χ2v) is 7.36. The van der Waals surface area contributed by atoms with Gasteiger partial charge in [0.05, 0.1) is 23.0 Å². The number of nitrogens with zero attached hydrogens (tertiary/aromatic N) is 3. The number of hydrogen-bond donors (Lipinski definition) is 1. The molecule has 0 saturated heterocycles. The molecule has 0 aliphatic carbocycles. The highest BCUT2D eigenvalue weighted by Crippen LogP contribution is 2.24. The number of nitrogens with one attached hydrogen (secondary N) is 1. The van der Waals surface area contributed by atoms with Crippen molar-refractivity contribution in [2.24, 2.45) is 5.10 Å². The van der Waals surface area contributed by atoms with E-state index in [0.717, 1.165) is 33.5 Å². The summed E-state index contributed by atoms with van der Waals surface area (Å²) in [7, 11) is 0. The summed E-state index contributed by atoms with van der Waals surface area (Å²) in [6, 6.07) is 17.2. The lowest BCUT2D eigenvalue weighted by molar-refractivity contribution is 0.0957. The minimum atomic E-state index is -0.266. The summed E-state index contributed by atoms with van der Waals surface area (Å²) in [5, 5.41) is 4.92. The zero-order chi connectivity index (χ0) is 19.3. The molecule has 0 aliphatic heterocycles. The van der Waals surface area contributed by atoms with E-state index in [-0.39, 0.29) is 5.91 Å². The van der Waals surface area contributed by atoms with Crippen LogP contribution in [0.4, 0.5) is 0 Å². The normalized spacial score (nSPS) is 11.2. The van der Waals surface area contributed by atoms with E-state index < -0.39 is 0 Å². The molecule has 5 nitrogen and oxygen atoms in total. The molecule has 4 rings (SSSR count). The van der Waals surface area contributed by atoms with E-state index in [1.165, 1.54) is 4.88 Å². The third-order valence-corrected chi connectivity index (χ3v) is 5.49. The van der Waals surface area contributed by atoms with Crippen molar-refractivity contribution in [3.05, 3.63) is 82.3 Å². The number of benzene rings is 1. The SMILES string of the molecule is CCc1ccc(/C=N/NC(=O)c2cc(-c3ccncc3)nc3ccccc23)s1. The van der Waals surface area contributed by atoms with E-state index in [1.54, 1.807) is 36.0 Å². The van der Waals surface area contributed by atoms with Gasteiger partial charge in [0.15, 0.2) is 0 Å². The molecule has 0 spiro atoms. The molecule has 0 radical (unpaired) electrons. The Morgan fingerprint density at radius 3 is 2.75 bits per heavy atom. The summed E-state index contributed by atoms with van der Waals surface area (Å²) in [4.78, 5) is 23.9. The van der Waals surface area contributed by atoms with Gasteiger partial charge in [0.2, 0.25) is 0 Å². The van der Waals surface area contributed by atoms with Gasteiger partial charge in [0, 0.05) is 33.1 Å². The number of aromatic nitrogens is 2. The molecule has 0 aliphatic rings. The number of thiophene rings is 1. The number of fused-ring (bicyclic) bond motifs is 1. The Hall–Kier alpha value is -3.38. The average Bonchev–Trinajstić information content (AvgIpc) is 3.21. The Morgan fingerprint density at radius 1 is 1.14 bits per heavy atom. The number of para-hydroxylation sites is 1. The van der Waals surface area contributed by atoms with Crippen LogP contribution >= 0.6 is 11.3 Å². The van der Waals surface area contributed by atoms with E-state index in [2.05, 4.69) is 33.5 Å². The molecule has 1 aromatic carbocycles. The zero-order valence-corrected chi connectivity index (χ0v) is 16.1. The summed E-state index contributed by atoms with van der Waals surface area (Å²) in [5.74, 6) is -0.266. The number of aryl methyl sites for hydroxylation is 1. The van der Waals surface area contributed by atoms with Gasteiger partial charge in [0.25, 0.3) is 5.91 Å². The van der Waals surface area contributed by atoms with E-state index in [1.807, 2.05) is 42.5 Å². The number of rotatable bonds is 5. The quantitative estimate of drug-likeness (QED) is 0.400. The highest BCUT2D eigenvalue weighted by Gasteiger charge is 2.13. The van der Waals surface area contributed by atoms with Crippen molar-refractivity contribution in [2.75, 3.05) is 0 Å². The first-order chi connectivity index (χ1) is 13.7. The van der Waals surface area contributed by atoms with Crippen LogP contribution in [0.5, 0.6) is 0 Å². The third-order valence-electron chi connectivity index (χ3n) is 4.33. The molecule has 0 saturated carbocycles. The smallest absolute Gasteiger partial charge is 0.267 e. The van der Waals surface area contributed by atoms with Crippen molar-refractivity contribution in [3.63, 3.8) is 0 Å². The topological polar surface area (TPSA) is 67.2 Å². The number of hydrogen-bond acceptors (Lipinski definition) is 5.